The first-order valence-corrected chi connectivity index (χ1v) is 7.77. The van der Waals surface area contributed by atoms with Gasteiger partial charge in [0.1, 0.15) is 5.82 Å². The summed E-state index contributed by atoms with van der Waals surface area (Å²) in [7, 11) is 0. The number of halogens is 1. The molecule has 0 fully saturated rings. The maximum atomic E-state index is 6.12. The largest absolute Gasteiger partial charge is 0.330 e. The second-order valence-electron chi connectivity index (χ2n) is 5.85. The fraction of sp³-hybridized carbons (Fsp3) is 0.562. The zero-order chi connectivity index (χ0) is 14.7. The van der Waals surface area contributed by atoms with Gasteiger partial charge in [-0.3, -0.25) is 0 Å². The van der Waals surface area contributed by atoms with Gasteiger partial charge in [0.2, 0.25) is 0 Å². The van der Waals surface area contributed by atoms with Gasteiger partial charge in [-0.15, -0.1) is 0 Å². The third-order valence-corrected chi connectivity index (χ3v) is 4.00. The fourth-order valence-electron chi connectivity index (χ4n) is 2.67. The van der Waals surface area contributed by atoms with Crippen molar-refractivity contribution in [3.63, 3.8) is 0 Å². The van der Waals surface area contributed by atoms with E-state index in [0.717, 1.165) is 47.7 Å². The van der Waals surface area contributed by atoms with E-state index < -0.39 is 0 Å². The Bertz CT molecular complexity index is 574. The Balaban J connectivity index is 2.30. The van der Waals surface area contributed by atoms with Crippen molar-refractivity contribution in [3.05, 3.63) is 29.0 Å². The second kappa shape index (κ2) is 6.59. The molecule has 0 amide bonds. The first kappa shape index (κ1) is 15.3. The molecule has 0 bridgehead atoms. The Morgan fingerprint density at radius 2 is 2.00 bits per heavy atom. The lowest BCUT2D eigenvalue weighted by Gasteiger charge is -2.15. The topological polar surface area (TPSA) is 43.8 Å². The van der Waals surface area contributed by atoms with Gasteiger partial charge in [0, 0.05) is 17.5 Å². The Kier molecular flexibility index (Phi) is 5.06. The molecule has 0 spiro atoms. The molecule has 3 nitrogen and oxygen atoms in total. The third-order valence-electron chi connectivity index (χ3n) is 3.76. The van der Waals surface area contributed by atoms with Crippen molar-refractivity contribution < 1.29 is 0 Å². The normalized spacial score (nSPS) is 13.3. The molecule has 2 aromatic rings. The average Bonchev–Trinajstić information content (AvgIpc) is 2.74. The van der Waals surface area contributed by atoms with E-state index >= 15 is 0 Å². The summed E-state index contributed by atoms with van der Waals surface area (Å²) in [6.45, 7) is 7.40. The van der Waals surface area contributed by atoms with Crippen molar-refractivity contribution in [3.8, 4) is 0 Å². The number of nitrogens with two attached hydrogens (primary N) is 1. The van der Waals surface area contributed by atoms with Crippen molar-refractivity contribution in [2.24, 2.45) is 11.7 Å². The predicted octanol–water partition coefficient (Wildman–Crippen LogP) is 4.19. The molecule has 0 radical (unpaired) electrons. The van der Waals surface area contributed by atoms with E-state index in [4.69, 9.17) is 22.3 Å². The molecular weight excluding hydrogens is 270 g/mol. The van der Waals surface area contributed by atoms with Crippen LogP contribution in [0.15, 0.2) is 18.2 Å². The minimum absolute atomic E-state index is 0.387. The van der Waals surface area contributed by atoms with Gasteiger partial charge in [-0.1, -0.05) is 18.5 Å². The van der Waals surface area contributed by atoms with Crippen molar-refractivity contribution >= 4 is 22.6 Å². The Morgan fingerprint density at radius 3 is 2.65 bits per heavy atom. The summed E-state index contributed by atoms with van der Waals surface area (Å²) < 4.78 is 2.30. The molecule has 0 saturated heterocycles. The minimum atomic E-state index is 0.387. The van der Waals surface area contributed by atoms with E-state index in [1.165, 1.54) is 0 Å². The SMILES string of the molecule is CC(CCN)CCc1nc2ccc(Cl)cc2n1C(C)C. The van der Waals surface area contributed by atoms with E-state index in [1.807, 2.05) is 18.2 Å². The van der Waals surface area contributed by atoms with Crippen LogP contribution in [0.1, 0.15) is 45.5 Å². The van der Waals surface area contributed by atoms with Gasteiger partial charge in [0.25, 0.3) is 0 Å². The average molecular weight is 294 g/mol. The lowest BCUT2D eigenvalue weighted by atomic mass is 10.0. The highest BCUT2D eigenvalue weighted by atomic mass is 35.5. The molecule has 0 aliphatic carbocycles. The molecule has 20 heavy (non-hydrogen) atoms. The predicted molar refractivity (Wildman–Crippen MR) is 86.3 cm³/mol. The van der Waals surface area contributed by atoms with E-state index in [0.29, 0.717) is 12.0 Å². The summed E-state index contributed by atoms with van der Waals surface area (Å²) in [5, 5.41) is 0.766. The van der Waals surface area contributed by atoms with Gasteiger partial charge < -0.3 is 10.3 Å². The molecule has 1 aromatic carbocycles. The second-order valence-corrected chi connectivity index (χ2v) is 6.28. The maximum absolute atomic E-state index is 6.12. The lowest BCUT2D eigenvalue weighted by molar-refractivity contribution is 0.479. The van der Waals surface area contributed by atoms with Crippen LogP contribution >= 0.6 is 11.6 Å². The van der Waals surface area contributed by atoms with Crippen LogP contribution in [0.3, 0.4) is 0 Å². The van der Waals surface area contributed by atoms with E-state index in [2.05, 4.69) is 25.3 Å². The molecule has 0 aliphatic heterocycles. The molecule has 110 valence electrons. The van der Waals surface area contributed by atoms with Gasteiger partial charge in [0.05, 0.1) is 11.0 Å². The summed E-state index contributed by atoms with van der Waals surface area (Å²) in [4.78, 5) is 4.78. The van der Waals surface area contributed by atoms with Crippen LogP contribution in [0, 0.1) is 5.92 Å². The van der Waals surface area contributed by atoms with E-state index in [-0.39, 0.29) is 0 Å². The van der Waals surface area contributed by atoms with Gasteiger partial charge in [-0.25, -0.2) is 4.98 Å². The first-order valence-electron chi connectivity index (χ1n) is 7.39. The van der Waals surface area contributed by atoms with E-state index in [1.54, 1.807) is 0 Å². The highest BCUT2D eigenvalue weighted by Crippen LogP contribution is 2.25. The van der Waals surface area contributed by atoms with Crippen molar-refractivity contribution in [2.45, 2.75) is 46.1 Å². The highest BCUT2D eigenvalue weighted by molar-refractivity contribution is 6.31. The van der Waals surface area contributed by atoms with Gasteiger partial charge in [-0.05, 0) is 57.4 Å². The van der Waals surface area contributed by atoms with Crippen LogP contribution in [0.2, 0.25) is 5.02 Å². The van der Waals surface area contributed by atoms with Crippen LogP contribution in [-0.4, -0.2) is 16.1 Å². The maximum Gasteiger partial charge on any atom is 0.110 e. The molecule has 1 unspecified atom stereocenters. The standard InChI is InChI=1S/C16H24ClN3/c1-11(2)20-15-10-13(17)5-6-14(15)19-16(20)7-4-12(3)8-9-18/h5-6,10-12H,4,7-9,18H2,1-3H3. The first-order chi connectivity index (χ1) is 9.52. The summed E-state index contributed by atoms with van der Waals surface area (Å²) in [6, 6.07) is 6.31. The number of fused-ring (bicyclic) bond motifs is 1. The number of aromatic nitrogens is 2. The molecule has 0 saturated carbocycles. The van der Waals surface area contributed by atoms with Crippen LogP contribution in [0.4, 0.5) is 0 Å². The lowest BCUT2D eigenvalue weighted by Crippen LogP contribution is -2.10. The molecular formula is C16H24ClN3. The number of hydrogen-bond acceptors (Lipinski definition) is 2. The summed E-state index contributed by atoms with van der Waals surface area (Å²) in [5.41, 5.74) is 7.78. The Labute approximate surface area is 126 Å². The number of hydrogen-bond donors (Lipinski definition) is 1. The van der Waals surface area contributed by atoms with Crippen molar-refractivity contribution in [1.82, 2.24) is 9.55 Å². The molecule has 1 aromatic heterocycles. The van der Waals surface area contributed by atoms with Crippen LogP contribution < -0.4 is 5.73 Å². The van der Waals surface area contributed by atoms with Crippen LogP contribution in [0.25, 0.3) is 11.0 Å². The third kappa shape index (κ3) is 3.33. The molecule has 0 aliphatic rings. The number of imidazole rings is 1. The van der Waals surface area contributed by atoms with Gasteiger partial charge in [0.15, 0.2) is 0 Å². The van der Waals surface area contributed by atoms with Crippen LogP contribution in [-0.2, 0) is 6.42 Å². The highest BCUT2D eigenvalue weighted by Gasteiger charge is 2.14. The Morgan fingerprint density at radius 1 is 1.25 bits per heavy atom. The zero-order valence-corrected chi connectivity index (χ0v) is 13.3. The number of benzene rings is 1. The number of aryl methyl sites for hydroxylation is 1. The summed E-state index contributed by atoms with van der Waals surface area (Å²) in [6.07, 6.45) is 3.19. The minimum Gasteiger partial charge on any atom is -0.330 e. The van der Waals surface area contributed by atoms with E-state index in [9.17, 15) is 0 Å². The van der Waals surface area contributed by atoms with Gasteiger partial charge >= 0.3 is 0 Å². The zero-order valence-electron chi connectivity index (χ0n) is 12.6. The van der Waals surface area contributed by atoms with Crippen molar-refractivity contribution in [1.29, 1.82) is 0 Å². The molecule has 1 heterocycles. The molecule has 4 heteroatoms. The van der Waals surface area contributed by atoms with Crippen molar-refractivity contribution in [2.75, 3.05) is 6.54 Å². The van der Waals surface area contributed by atoms with Crippen LogP contribution in [0.5, 0.6) is 0 Å². The van der Waals surface area contributed by atoms with Gasteiger partial charge in [-0.2, -0.15) is 0 Å². The quantitative estimate of drug-likeness (QED) is 0.868. The molecule has 1 atom stereocenters. The summed E-state index contributed by atoms with van der Waals surface area (Å²) >= 11 is 6.12. The summed E-state index contributed by atoms with van der Waals surface area (Å²) in [5.74, 6) is 1.80. The monoisotopic (exact) mass is 293 g/mol. The molecule has 2 rings (SSSR count). The molecule has 2 N–H and O–H groups in total. The Hall–Kier alpha value is -1.06. The number of rotatable bonds is 6. The smallest absolute Gasteiger partial charge is 0.110 e. The fourth-order valence-corrected chi connectivity index (χ4v) is 2.84. The number of nitrogens with zero attached hydrogens (tertiary/aromatic N) is 2.